The van der Waals surface area contributed by atoms with Crippen molar-refractivity contribution in [2.24, 2.45) is 5.92 Å². The molecule has 6 heteroatoms. The number of carbonyl (C=O) groups is 1. The molecule has 8 atom stereocenters. The number of hydrogen-bond acceptors (Lipinski definition) is 6. The van der Waals surface area contributed by atoms with Crippen molar-refractivity contribution < 1.29 is 29.2 Å². The predicted molar refractivity (Wildman–Crippen MR) is 139 cm³/mol. The number of ether oxygens (including phenoxy) is 3. The van der Waals surface area contributed by atoms with Gasteiger partial charge in [0.05, 0.1) is 24.4 Å². The van der Waals surface area contributed by atoms with Crippen molar-refractivity contribution in [2.75, 3.05) is 0 Å². The minimum absolute atomic E-state index is 0.0638. The second kappa shape index (κ2) is 12.5. The Bertz CT molecular complexity index is 888. The number of fused-ring (bicyclic) bond motifs is 3. The van der Waals surface area contributed by atoms with Crippen molar-refractivity contribution in [1.29, 1.82) is 0 Å². The van der Waals surface area contributed by atoms with Crippen molar-refractivity contribution in [1.82, 2.24) is 0 Å². The Balaban J connectivity index is 1.46. The van der Waals surface area contributed by atoms with E-state index >= 15 is 0 Å². The average molecular weight is 499 g/mol. The molecular weight excluding hydrogens is 456 g/mol. The summed E-state index contributed by atoms with van der Waals surface area (Å²) in [5.41, 5.74) is 0.258. The molecule has 0 aromatic rings. The zero-order chi connectivity index (χ0) is 25.5. The summed E-state index contributed by atoms with van der Waals surface area (Å²) in [5.74, 6) is -0.121. The summed E-state index contributed by atoms with van der Waals surface area (Å²) < 4.78 is 17.8. The summed E-state index contributed by atoms with van der Waals surface area (Å²) in [6, 6.07) is 0. The fourth-order valence-electron chi connectivity index (χ4n) is 5.40. The van der Waals surface area contributed by atoms with Crippen molar-refractivity contribution in [3.63, 3.8) is 0 Å². The molecule has 0 radical (unpaired) electrons. The highest BCUT2D eigenvalue weighted by molar-refractivity contribution is 5.82. The quantitative estimate of drug-likeness (QED) is 0.328. The third-order valence-electron chi connectivity index (χ3n) is 7.90. The Morgan fingerprint density at radius 1 is 1.17 bits per heavy atom. The molecule has 0 amide bonds. The second-order valence-corrected chi connectivity index (χ2v) is 10.9. The smallest absolute Gasteiger partial charge is 0.330 e. The van der Waals surface area contributed by atoms with Crippen LogP contribution in [0.5, 0.6) is 0 Å². The molecule has 3 aliphatic heterocycles. The fraction of sp³-hybridized carbons (Fsp3) is 0.633. The summed E-state index contributed by atoms with van der Waals surface area (Å²) in [5, 5.41) is 21.9. The Hall–Kier alpha value is -1.99. The maximum Gasteiger partial charge on any atom is 0.330 e. The molecule has 198 valence electrons. The highest BCUT2D eigenvalue weighted by Gasteiger charge is 2.58. The monoisotopic (exact) mass is 498 g/mol. The first-order valence-corrected chi connectivity index (χ1v) is 13.6. The molecule has 1 aliphatic carbocycles. The standard InChI is InChI=1S/C30H42O6/c1-21-9-6-12-23-13-7-14-24(34-23)15-8-16-29(33)35-26(20-28-30(2,36-28)27(32)19-21)25(31)18-17-22-10-4-3-5-11-22/h3-4,7-8,14,16-18,22-28,31-32H,1,5-6,9-13,15,19-20H2,2H3/b16-8-,18-17+/t22?,23-,24?,25?,26?,27+,28+,30+/m1/s1. The van der Waals surface area contributed by atoms with Crippen molar-refractivity contribution in [3.05, 3.63) is 60.8 Å². The predicted octanol–water partition coefficient (Wildman–Crippen LogP) is 4.87. The van der Waals surface area contributed by atoms with Gasteiger partial charge in [-0.2, -0.15) is 0 Å². The van der Waals surface area contributed by atoms with E-state index in [4.69, 9.17) is 14.2 Å². The van der Waals surface area contributed by atoms with Gasteiger partial charge in [0, 0.05) is 12.5 Å². The topological polar surface area (TPSA) is 88.5 Å². The summed E-state index contributed by atoms with van der Waals surface area (Å²) in [7, 11) is 0. The van der Waals surface area contributed by atoms with Crippen LogP contribution < -0.4 is 0 Å². The lowest BCUT2D eigenvalue weighted by molar-refractivity contribution is -0.148. The first-order valence-electron chi connectivity index (χ1n) is 13.6. The van der Waals surface area contributed by atoms with Gasteiger partial charge < -0.3 is 24.4 Å². The van der Waals surface area contributed by atoms with Gasteiger partial charge in [0.2, 0.25) is 0 Å². The molecule has 0 aromatic heterocycles. The van der Waals surface area contributed by atoms with E-state index in [2.05, 4.69) is 24.8 Å². The summed E-state index contributed by atoms with van der Waals surface area (Å²) in [4.78, 5) is 12.7. The van der Waals surface area contributed by atoms with Gasteiger partial charge in [-0.05, 0) is 70.6 Å². The largest absolute Gasteiger partial charge is 0.456 e. The molecule has 1 saturated heterocycles. The minimum Gasteiger partial charge on any atom is -0.456 e. The van der Waals surface area contributed by atoms with Crippen LogP contribution in [-0.4, -0.2) is 58.4 Å². The van der Waals surface area contributed by atoms with Crippen LogP contribution in [0.3, 0.4) is 0 Å². The number of carbonyl (C=O) groups excluding carboxylic acids is 1. The van der Waals surface area contributed by atoms with Crippen molar-refractivity contribution in [2.45, 2.75) is 113 Å². The van der Waals surface area contributed by atoms with E-state index in [1.807, 2.05) is 19.1 Å². The zero-order valence-corrected chi connectivity index (χ0v) is 21.5. The maximum atomic E-state index is 12.7. The molecule has 0 aromatic carbocycles. The molecule has 2 N–H and O–H groups in total. The first kappa shape index (κ1) is 27.1. The second-order valence-electron chi connectivity index (χ2n) is 10.9. The molecule has 4 aliphatic rings. The number of aliphatic hydroxyl groups is 2. The van der Waals surface area contributed by atoms with Crippen LogP contribution >= 0.6 is 0 Å². The number of allylic oxidation sites excluding steroid dienone is 3. The van der Waals surface area contributed by atoms with Gasteiger partial charge in [-0.3, -0.25) is 0 Å². The van der Waals surface area contributed by atoms with Gasteiger partial charge in [0.1, 0.15) is 17.8 Å². The SMILES string of the molecule is C=C1CCC[C@@H]2CC=CC(C/C=C\C(=O)OC(C(O)/C=C/C3CC=CCC3)C[C@@H]3O[C@@]3(C)[C@@H](O)C1)O2. The Kier molecular flexibility index (Phi) is 9.40. The van der Waals surface area contributed by atoms with Crippen molar-refractivity contribution in [3.8, 4) is 0 Å². The number of aliphatic hydroxyl groups excluding tert-OH is 2. The average Bonchev–Trinajstić information content (AvgIpc) is 3.53. The molecule has 1 fully saturated rings. The maximum absolute atomic E-state index is 12.7. The van der Waals surface area contributed by atoms with E-state index in [-0.39, 0.29) is 18.3 Å². The molecule has 6 nitrogen and oxygen atoms in total. The lowest BCUT2D eigenvalue weighted by atomic mass is 9.89. The van der Waals surface area contributed by atoms with Gasteiger partial charge in [0.15, 0.2) is 0 Å². The van der Waals surface area contributed by atoms with E-state index in [9.17, 15) is 15.0 Å². The third kappa shape index (κ3) is 7.51. The van der Waals surface area contributed by atoms with Gasteiger partial charge >= 0.3 is 5.97 Å². The molecule has 3 heterocycles. The Morgan fingerprint density at radius 2 is 2.03 bits per heavy atom. The number of esters is 1. The normalized spacial score (nSPS) is 40.1. The van der Waals surface area contributed by atoms with E-state index in [0.29, 0.717) is 25.2 Å². The van der Waals surface area contributed by atoms with E-state index < -0.39 is 29.9 Å². The van der Waals surface area contributed by atoms with Crippen LogP contribution in [0.4, 0.5) is 0 Å². The highest BCUT2D eigenvalue weighted by atomic mass is 16.6. The van der Waals surface area contributed by atoms with Gasteiger partial charge in [0.25, 0.3) is 0 Å². The Labute approximate surface area is 215 Å². The molecule has 4 unspecified atom stereocenters. The van der Waals surface area contributed by atoms with Crippen LogP contribution in [-0.2, 0) is 19.0 Å². The number of hydrogen-bond donors (Lipinski definition) is 2. The molecule has 36 heavy (non-hydrogen) atoms. The number of epoxide rings is 1. The van der Waals surface area contributed by atoms with E-state index in [0.717, 1.165) is 50.5 Å². The third-order valence-corrected chi connectivity index (χ3v) is 7.90. The van der Waals surface area contributed by atoms with Crippen LogP contribution in [0.25, 0.3) is 0 Å². The van der Waals surface area contributed by atoms with Crippen LogP contribution in [0, 0.1) is 5.92 Å². The minimum atomic E-state index is -0.954. The van der Waals surface area contributed by atoms with E-state index in [1.54, 1.807) is 12.2 Å². The Morgan fingerprint density at radius 3 is 2.83 bits per heavy atom. The molecule has 0 spiro atoms. The molecule has 0 saturated carbocycles. The number of cyclic esters (lactones) is 1. The lowest BCUT2D eigenvalue weighted by Crippen LogP contribution is -2.35. The summed E-state index contributed by atoms with van der Waals surface area (Å²) >= 11 is 0. The summed E-state index contributed by atoms with van der Waals surface area (Å²) in [6.07, 6.45) is 20.9. The van der Waals surface area contributed by atoms with E-state index in [1.165, 1.54) is 6.08 Å². The van der Waals surface area contributed by atoms with Gasteiger partial charge in [-0.15, -0.1) is 0 Å². The van der Waals surface area contributed by atoms with Crippen molar-refractivity contribution >= 4 is 5.97 Å². The van der Waals surface area contributed by atoms with Gasteiger partial charge in [-0.1, -0.05) is 54.7 Å². The van der Waals surface area contributed by atoms with Crippen LogP contribution in [0.1, 0.15) is 71.1 Å². The summed E-state index contributed by atoms with van der Waals surface area (Å²) in [6.45, 7) is 6.06. The van der Waals surface area contributed by atoms with Crippen LogP contribution in [0.15, 0.2) is 60.8 Å². The lowest BCUT2D eigenvalue weighted by Gasteiger charge is -2.26. The number of rotatable bonds is 3. The fourth-order valence-corrected chi connectivity index (χ4v) is 5.40. The molecular formula is C30H42O6. The highest BCUT2D eigenvalue weighted by Crippen LogP contribution is 2.44. The molecule has 2 bridgehead atoms. The molecule has 4 rings (SSSR count). The van der Waals surface area contributed by atoms with Gasteiger partial charge in [-0.25, -0.2) is 4.79 Å². The zero-order valence-electron chi connectivity index (χ0n) is 21.5. The van der Waals surface area contributed by atoms with Crippen LogP contribution in [0.2, 0.25) is 0 Å². The first-order chi connectivity index (χ1) is 17.3.